The Morgan fingerprint density at radius 2 is 2.11 bits per heavy atom. The first-order chi connectivity index (χ1) is 8.82. The van der Waals surface area contributed by atoms with Crippen LogP contribution in [0, 0.1) is 5.92 Å². The SMILES string of the molecule is CC(CO)Cn1cc(S(C)(=O)=O)c2ccc(Br)cc21. The van der Waals surface area contributed by atoms with Crippen molar-refractivity contribution < 1.29 is 13.5 Å². The fourth-order valence-corrected chi connectivity index (χ4v) is 3.31. The summed E-state index contributed by atoms with van der Waals surface area (Å²) >= 11 is 3.40. The maximum absolute atomic E-state index is 11.8. The molecule has 1 aromatic heterocycles. The minimum absolute atomic E-state index is 0.0713. The van der Waals surface area contributed by atoms with E-state index in [1.165, 1.54) is 6.26 Å². The summed E-state index contributed by atoms with van der Waals surface area (Å²) < 4.78 is 26.4. The molecule has 19 heavy (non-hydrogen) atoms. The van der Waals surface area contributed by atoms with Gasteiger partial charge < -0.3 is 9.67 Å². The first-order valence-corrected chi connectivity index (χ1v) is 8.60. The smallest absolute Gasteiger partial charge is 0.177 e. The Morgan fingerprint density at radius 3 is 2.68 bits per heavy atom. The number of sulfone groups is 1. The van der Waals surface area contributed by atoms with Gasteiger partial charge in [-0.2, -0.15) is 0 Å². The van der Waals surface area contributed by atoms with E-state index in [-0.39, 0.29) is 12.5 Å². The van der Waals surface area contributed by atoms with Crippen molar-refractivity contribution in [3.05, 3.63) is 28.9 Å². The zero-order valence-corrected chi connectivity index (χ0v) is 13.2. The van der Waals surface area contributed by atoms with Crippen LogP contribution in [0.3, 0.4) is 0 Å². The van der Waals surface area contributed by atoms with E-state index in [1.54, 1.807) is 12.3 Å². The van der Waals surface area contributed by atoms with Gasteiger partial charge in [0.2, 0.25) is 0 Å². The van der Waals surface area contributed by atoms with E-state index in [0.29, 0.717) is 11.4 Å². The van der Waals surface area contributed by atoms with Crippen molar-refractivity contribution in [2.75, 3.05) is 12.9 Å². The highest BCUT2D eigenvalue weighted by Crippen LogP contribution is 2.28. The molecule has 0 saturated heterocycles. The third-order valence-electron chi connectivity index (χ3n) is 3.03. The monoisotopic (exact) mass is 345 g/mol. The van der Waals surface area contributed by atoms with Gasteiger partial charge in [-0.3, -0.25) is 0 Å². The molecule has 0 bridgehead atoms. The molecule has 1 heterocycles. The zero-order valence-electron chi connectivity index (χ0n) is 10.8. The molecule has 0 aliphatic heterocycles. The van der Waals surface area contributed by atoms with Gasteiger partial charge in [0.25, 0.3) is 0 Å². The van der Waals surface area contributed by atoms with Crippen molar-refractivity contribution in [3.8, 4) is 0 Å². The maximum Gasteiger partial charge on any atom is 0.177 e. The highest BCUT2D eigenvalue weighted by molar-refractivity contribution is 9.10. The third kappa shape index (κ3) is 3.01. The molecule has 0 radical (unpaired) electrons. The van der Waals surface area contributed by atoms with Crippen molar-refractivity contribution in [2.24, 2.45) is 5.92 Å². The molecule has 6 heteroatoms. The molecule has 1 aromatic carbocycles. The van der Waals surface area contributed by atoms with Crippen LogP contribution in [0.25, 0.3) is 10.9 Å². The minimum Gasteiger partial charge on any atom is -0.396 e. The number of aliphatic hydroxyl groups is 1. The summed E-state index contributed by atoms with van der Waals surface area (Å²) in [5, 5.41) is 9.87. The quantitative estimate of drug-likeness (QED) is 0.925. The Labute approximate surface area is 121 Å². The van der Waals surface area contributed by atoms with Gasteiger partial charge in [0.05, 0.1) is 10.4 Å². The summed E-state index contributed by atoms with van der Waals surface area (Å²) in [6.07, 6.45) is 2.86. The summed E-state index contributed by atoms with van der Waals surface area (Å²) in [5.74, 6) is 0.0713. The predicted octanol–water partition coefficient (Wildman–Crippen LogP) is 2.44. The van der Waals surface area contributed by atoms with Crippen molar-refractivity contribution in [1.29, 1.82) is 0 Å². The Bertz CT molecular complexity index is 706. The lowest BCUT2D eigenvalue weighted by atomic mass is 10.2. The average molecular weight is 346 g/mol. The summed E-state index contributed by atoms with van der Waals surface area (Å²) in [4.78, 5) is 0.333. The van der Waals surface area contributed by atoms with Crippen molar-refractivity contribution in [3.63, 3.8) is 0 Å². The standard InChI is InChI=1S/C13H16BrNO3S/c1-9(8-16)6-15-7-13(19(2,17)18)11-4-3-10(14)5-12(11)15/h3-5,7,9,16H,6,8H2,1-2H3. The summed E-state index contributed by atoms with van der Waals surface area (Å²) in [5.41, 5.74) is 0.857. The third-order valence-corrected chi connectivity index (χ3v) is 4.64. The molecular weight excluding hydrogens is 330 g/mol. The van der Waals surface area contributed by atoms with Crippen LogP contribution in [-0.2, 0) is 16.4 Å². The highest BCUT2D eigenvalue weighted by atomic mass is 79.9. The van der Waals surface area contributed by atoms with Crippen LogP contribution in [0.15, 0.2) is 33.8 Å². The molecule has 104 valence electrons. The fraction of sp³-hybridized carbons (Fsp3) is 0.385. The second-order valence-electron chi connectivity index (χ2n) is 4.87. The van der Waals surface area contributed by atoms with Crippen LogP contribution >= 0.6 is 15.9 Å². The number of fused-ring (bicyclic) bond motifs is 1. The zero-order chi connectivity index (χ0) is 14.2. The molecule has 0 amide bonds. The van der Waals surface area contributed by atoms with E-state index < -0.39 is 9.84 Å². The van der Waals surface area contributed by atoms with Gasteiger partial charge in [-0.1, -0.05) is 28.9 Å². The number of nitrogens with zero attached hydrogens (tertiary/aromatic N) is 1. The number of hydrogen-bond donors (Lipinski definition) is 1. The van der Waals surface area contributed by atoms with E-state index in [0.717, 1.165) is 15.4 Å². The average Bonchev–Trinajstić information content (AvgIpc) is 2.67. The van der Waals surface area contributed by atoms with Gasteiger partial charge in [0, 0.05) is 35.5 Å². The van der Waals surface area contributed by atoms with E-state index in [4.69, 9.17) is 5.11 Å². The van der Waals surface area contributed by atoms with Gasteiger partial charge in [0.15, 0.2) is 9.84 Å². The predicted molar refractivity (Wildman–Crippen MR) is 79.0 cm³/mol. The largest absolute Gasteiger partial charge is 0.396 e. The lowest BCUT2D eigenvalue weighted by molar-refractivity contribution is 0.224. The fourth-order valence-electron chi connectivity index (χ4n) is 2.07. The van der Waals surface area contributed by atoms with Gasteiger partial charge in [-0.25, -0.2) is 8.42 Å². The second-order valence-corrected chi connectivity index (χ2v) is 7.77. The van der Waals surface area contributed by atoms with E-state index in [1.807, 2.05) is 23.6 Å². The summed E-state index contributed by atoms with van der Waals surface area (Å²) in [6.45, 7) is 2.57. The van der Waals surface area contributed by atoms with Gasteiger partial charge in [-0.15, -0.1) is 0 Å². The Balaban J connectivity index is 2.67. The first-order valence-electron chi connectivity index (χ1n) is 5.92. The van der Waals surface area contributed by atoms with Gasteiger partial charge in [-0.05, 0) is 18.1 Å². The normalized spacial score (nSPS) is 13.9. The number of aliphatic hydroxyl groups excluding tert-OH is 1. The number of hydrogen-bond acceptors (Lipinski definition) is 3. The Morgan fingerprint density at radius 1 is 1.42 bits per heavy atom. The number of aromatic nitrogens is 1. The molecule has 0 spiro atoms. The molecule has 0 aliphatic rings. The molecular formula is C13H16BrNO3S. The molecule has 1 unspecified atom stereocenters. The van der Waals surface area contributed by atoms with Crippen LogP contribution < -0.4 is 0 Å². The van der Waals surface area contributed by atoms with E-state index in [2.05, 4.69) is 15.9 Å². The summed E-state index contributed by atoms with van der Waals surface area (Å²) in [6, 6.07) is 5.53. The molecule has 1 atom stereocenters. The topological polar surface area (TPSA) is 59.3 Å². The molecule has 0 aliphatic carbocycles. The number of benzene rings is 1. The van der Waals surface area contributed by atoms with E-state index >= 15 is 0 Å². The van der Waals surface area contributed by atoms with Crippen molar-refractivity contribution in [2.45, 2.75) is 18.4 Å². The number of halogens is 1. The lowest BCUT2D eigenvalue weighted by Gasteiger charge is -2.10. The van der Waals surface area contributed by atoms with Crippen LogP contribution in [0.4, 0.5) is 0 Å². The molecule has 0 fully saturated rings. The maximum atomic E-state index is 11.8. The van der Waals surface area contributed by atoms with Crippen LogP contribution in [0.5, 0.6) is 0 Å². The van der Waals surface area contributed by atoms with Gasteiger partial charge in [0.1, 0.15) is 0 Å². The van der Waals surface area contributed by atoms with Gasteiger partial charge >= 0.3 is 0 Å². The molecule has 0 saturated carbocycles. The molecule has 2 aromatic rings. The Kier molecular flexibility index (Phi) is 4.03. The Hall–Kier alpha value is -0.850. The van der Waals surface area contributed by atoms with E-state index in [9.17, 15) is 8.42 Å². The summed E-state index contributed by atoms with van der Waals surface area (Å²) in [7, 11) is -3.26. The molecule has 1 N–H and O–H groups in total. The first kappa shape index (κ1) is 14.6. The minimum atomic E-state index is -3.26. The van der Waals surface area contributed by atoms with Crippen LogP contribution in [0.2, 0.25) is 0 Å². The van der Waals surface area contributed by atoms with Crippen LogP contribution in [-0.4, -0.2) is 31.0 Å². The second kappa shape index (κ2) is 5.26. The van der Waals surface area contributed by atoms with Crippen LogP contribution in [0.1, 0.15) is 6.92 Å². The lowest BCUT2D eigenvalue weighted by Crippen LogP contribution is -2.10. The molecule has 2 rings (SSSR count). The highest BCUT2D eigenvalue weighted by Gasteiger charge is 2.17. The molecule has 4 nitrogen and oxygen atoms in total. The van der Waals surface area contributed by atoms with Crippen molar-refractivity contribution >= 4 is 36.7 Å². The van der Waals surface area contributed by atoms with Crippen molar-refractivity contribution in [1.82, 2.24) is 4.57 Å². The number of rotatable bonds is 4.